The summed E-state index contributed by atoms with van der Waals surface area (Å²) in [4.78, 5) is 18.2. The average molecular weight is 511 g/mol. The maximum absolute atomic E-state index is 11.8. The molecule has 3 N–H and O–H groups in total. The zero-order valence-electron chi connectivity index (χ0n) is 22.1. The van der Waals surface area contributed by atoms with Crippen molar-refractivity contribution >= 4 is 17.6 Å². The van der Waals surface area contributed by atoms with Gasteiger partial charge in [-0.1, -0.05) is 20.8 Å². The highest BCUT2D eigenvalue weighted by molar-refractivity contribution is 5.80. The van der Waals surface area contributed by atoms with Gasteiger partial charge in [-0.3, -0.25) is 5.10 Å². The van der Waals surface area contributed by atoms with Crippen molar-refractivity contribution in [3.8, 4) is 34.6 Å². The van der Waals surface area contributed by atoms with Crippen LogP contribution in [0.2, 0.25) is 0 Å². The predicted molar refractivity (Wildman–Crippen MR) is 139 cm³/mol. The number of nitrogens with zero attached hydrogens (tertiary/aromatic N) is 4. The van der Waals surface area contributed by atoms with E-state index in [0.29, 0.717) is 53.1 Å². The number of methoxy groups -OCH3 is 3. The number of nitriles is 1. The zero-order chi connectivity index (χ0) is 26.9. The van der Waals surface area contributed by atoms with E-state index in [1.165, 1.54) is 0 Å². The zero-order valence-corrected chi connectivity index (χ0v) is 22.1. The van der Waals surface area contributed by atoms with E-state index in [9.17, 15) is 15.2 Å². The van der Waals surface area contributed by atoms with E-state index in [1.807, 2.05) is 12.1 Å². The first-order valence-corrected chi connectivity index (χ1v) is 12.2. The summed E-state index contributed by atoms with van der Waals surface area (Å²) in [7, 11) is 4.66. The summed E-state index contributed by atoms with van der Waals surface area (Å²) in [5.41, 5.74) is 2.10. The van der Waals surface area contributed by atoms with Crippen molar-refractivity contribution in [1.29, 1.82) is 5.26 Å². The number of hydrogen-bond acceptors (Lipinski definition) is 7. The Balaban J connectivity index is 1.70. The number of ether oxygens (including phenoxy) is 3. The van der Waals surface area contributed by atoms with Gasteiger partial charge >= 0.3 is 6.09 Å². The Morgan fingerprint density at radius 1 is 1.24 bits per heavy atom. The SMILES string of the molecule is COc1cc(-c2nc3c(C#N)c[nH]n3c2NCC2CCN(C(=O)O)C(C(C)(C)C)C2)cc(OC)c1OC. The lowest BCUT2D eigenvalue weighted by atomic mass is 9.77. The molecule has 0 bridgehead atoms. The van der Waals surface area contributed by atoms with Crippen LogP contribution in [0.25, 0.3) is 16.9 Å². The molecule has 2 atom stereocenters. The lowest BCUT2D eigenvalue weighted by Crippen LogP contribution is -2.52. The van der Waals surface area contributed by atoms with E-state index in [-0.39, 0.29) is 17.4 Å². The Morgan fingerprint density at radius 3 is 2.46 bits per heavy atom. The molecule has 1 aliphatic rings. The number of H-pyrrole nitrogens is 1. The lowest BCUT2D eigenvalue weighted by Gasteiger charge is -2.44. The minimum Gasteiger partial charge on any atom is -0.493 e. The molecule has 0 aliphatic carbocycles. The molecule has 1 amide bonds. The Kier molecular flexibility index (Phi) is 7.12. The average Bonchev–Trinajstić information content (AvgIpc) is 3.44. The second-order valence-electron chi connectivity index (χ2n) is 10.3. The molecular formula is C26H34N6O5. The third-order valence-electron chi connectivity index (χ3n) is 7.03. The second-order valence-corrected chi connectivity index (χ2v) is 10.3. The van der Waals surface area contributed by atoms with E-state index in [0.717, 1.165) is 18.4 Å². The van der Waals surface area contributed by atoms with Crippen molar-refractivity contribution in [2.45, 2.75) is 39.7 Å². The number of nitrogens with one attached hydrogen (secondary N) is 2. The molecule has 3 aromatic rings. The summed E-state index contributed by atoms with van der Waals surface area (Å²) < 4.78 is 18.3. The van der Waals surface area contributed by atoms with Crippen LogP contribution in [0.3, 0.4) is 0 Å². The largest absolute Gasteiger partial charge is 0.493 e. The molecule has 1 saturated heterocycles. The number of aromatic nitrogens is 3. The molecule has 2 unspecified atom stereocenters. The third-order valence-corrected chi connectivity index (χ3v) is 7.03. The normalized spacial score (nSPS) is 17.9. The van der Waals surface area contributed by atoms with Crippen LogP contribution < -0.4 is 19.5 Å². The smallest absolute Gasteiger partial charge is 0.407 e. The molecular weight excluding hydrogens is 476 g/mol. The van der Waals surface area contributed by atoms with Crippen LogP contribution in [0, 0.1) is 22.7 Å². The number of benzene rings is 1. The quantitative estimate of drug-likeness (QED) is 0.424. The highest BCUT2D eigenvalue weighted by Gasteiger charge is 2.38. The molecule has 4 rings (SSSR count). The van der Waals surface area contributed by atoms with Crippen molar-refractivity contribution in [3.63, 3.8) is 0 Å². The number of aromatic amines is 1. The standard InChI is InChI=1S/C26H34N6O5/c1-26(2,3)20-9-15(7-8-31(20)25(33)34)13-28-24-21(30-23-17(12-27)14-29-32(23)24)16-10-18(35-4)22(37-6)19(11-16)36-5/h10-11,14-15,20,28-29H,7-9,13H2,1-6H3,(H,33,34). The Hall–Kier alpha value is -4.07. The van der Waals surface area contributed by atoms with Crippen molar-refractivity contribution in [1.82, 2.24) is 19.5 Å². The number of hydrogen-bond donors (Lipinski definition) is 3. The number of fused-ring (bicyclic) bond motifs is 1. The van der Waals surface area contributed by atoms with Crippen LogP contribution in [0.15, 0.2) is 18.3 Å². The second kappa shape index (κ2) is 10.1. The fourth-order valence-corrected chi connectivity index (χ4v) is 5.10. The van der Waals surface area contributed by atoms with E-state index in [2.05, 4.69) is 37.3 Å². The predicted octanol–water partition coefficient (Wildman–Crippen LogP) is 4.44. The number of rotatable bonds is 7. The van der Waals surface area contributed by atoms with Crippen LogP contribution in [-0.2, 0) is 0 Å². The number of carboxylic acid groups (broad SMARTS) is 1. The topological polar surface area (TPSA) is 137 Å². The molecule has 1 aromatic carbocycles. The minimum absolute atomic E-state index is 0.0822. The highest BCUT2D eigenvalue weighted by atomic mass is 16.5. The van der Waals surface area contributed by atoms with Crippen molar-refractivity contribution in [2.24, 2.45) is 11.3 Å². The molecule has 2 aromatic heterocycles. The summed E-state index contributed by atoms with van der Waals surface area (Å²) in [5.74, 6) is 2.41. The molecule has 1 aliphatic heterocycles. The van der Waals surface area contributed by atoms with Gasteiger partial charge in [-0.15, -0.1) is 0 Å². The minimum atomic E-state index is -0.871. The number of piperidine rings is 1. The third kappa shape index (κ3) is 4.83. The molecule has 0 saturated carbocycles. The molecule has 1 fully saturated rings. The van der Waals surface area contributed by atoms with Gasteiger partial charge in [-0.25, -0.2) is 14.3 Å². The highest BCUT2D eigenvalue weighted by Crippen LogP contribution is 2.43. The van der Waals surface area contributed by atoms with E-state index in [4.69, 9.17) is 19.2 Å². The van der Waals surface area contributed by atoms with Gasteiger partial charge in [-0.2, -0.15) is 5.26 Å². The van der Waals surface area contributed by atoms with Crippen molar-refractivity contribution in [2.75, 3.05) is 39.7 Å². The molecule has 198 valence electrons. The summed E-state index contributed by atoms with van der Waals surface area (Å²) in [5, 5.41) is 25.9. The van der Waals surface area contributed by atoms with Crippen molar-refractivity contribution < 1.29 is 24.1 Å². The number of anilines is 1. The van der Waals surface area contributed by atoms with E-state index in [1.54, 1.807) is 36.9 Å². The Morgan fingerprint density at radius 2 is 1.92 bits per heavy atom. The first-order valence-electron chi connectivity index (χ1n) is 12.2. The van der Waals surface area contributed by atoms with Crippen LogP contribution >= 0.6 is 0 Å². The number of carbonyl (C=O) groups is 1. The van der Waals surface area contributed by atoms with Gasteiger partial charge in [0.2, 0.25) is 5.75 Å². The lowest BCUT2D eigenvalue weighted by molar-refractivity contribution is 0.0428. The number of imidazole rings is 1. The molecule has 3 heterocycles. The van der Waals surface area contributed by atoms with Crippen LogP contribution in [0.5, 0.6) is 17.2 Å². The van der Waals surface area contributed by atoms with Crippen LogP contribution in [0.4, 0.5) is 10.6 Å². The van der Waals surface area contributed by atoms with Crippen LogP contribution in [-0.4, -0.2) is 71.2 Å². The van der Waals surface area contributed by atoms with Gasteiger partial charge in [0.1, 0.15) is 17.3 Å². The first kappa shape index (κ1) is 26.0. The van der Waals surface area contributed by atoms with Crippen LogP contribution in [0.1, 0.15) is 39.2 Å². The monoisotopic (exact) mass is 510 g/mol. The van der Waals surface area contributed by atoms with Crippen molar-refractivity contribution in [3.05, 3.63) is 23.9 Å². The van der Waals surface area contributed by atoms with Gasteiger partial charge in [0.05, 0.1) is 21.3 Å². The first-order chi connectivity index (χ1) is 17.6. The van der Waals surface area contributed by atoms with E-state index < -0.39 is 6.09 Å². The summed E-state index contributed by atoms with van der Waals surface area (Å²) >= 11 is 0. The fraction of sp³-hybridized carbons (Fsp3) is 0.500. The van der Waals surface area contributed by atoms with Gasteiger partial charge in [0, 0.05) is 30.9 Å². The maximum atomic E-state index is 11.8. The summed E-state index contributed by atoms with van der Waals surface area (Å²) in [6, 6.07) is 5.74. The fourth-order valence-electron chi connectivity index (χ4n) is 5.10. The summed E-state index contributed by atoms with van der Waals surface area (Å²) in [6.07, 6.45) is 2.25. The Bertz CT molecular complexity index is 1310. The molecule has 11 heteroatoms. The van der Waals surface area contributed by atoms with Gasteiger partial charge in [-0.05, 0) is 36.3 Å². The molecule has 11 nitrogen and oxygen atoms in total. The molecule has 37 heavy (non-hydrogen) atoms. The Labute approximate surface area is 215 Å². The van der Waals surface area contributed by atoms with Gasteiger partial charge in [0.15, 0.2) is 23.0 Å². The van der Waals surface area contributed by atoms with Gasteiger partial charge < -0.3 is 29.5 Å². The summed E-state index contributed by atoms with van der Waals surface area (Å²) in [6.45, 7) is 7.34. The maximum Gasteiger partial charge on any atom is 0.407 e. The number of likely N-dealkylation sites (tertiary alicyclic amines) is 1. The molecule has 0 spiro atoms. The van der Waals surface area contributed by atoms with Gasteiger partial charge in [0.25, 0.3) is 0 Å². The molecule has 0 radical (unpaired) electrons. The number of amides is 1. The van der Waals surface area contributed by atoms with E-state index >= 15 is 0 Å².